The summed E-state index contributed by atoms with van der Waals surface area (Å²) in [4.78, 5) is 11.5. The van der Waals surface area contributed by atoms with Crippen LogP contribution in [0.5, 0.6) is 0 Å². The van der Waals surface area contributed by atoms with Crippen LogP contribution in [0, 0.1) is 0 Å². The fourth-order valence-electron chi connectivity index (χ4n) is 3.54. The highest BCUT2D eigenvalue weighted by Crippen LogP contribution is 2.32. The molecule has 10 heteroatoms. The predicted molar refractivity (Wildman–Crippen MR) is 115 cm³/mol. The van der Waals surface area contributed by atoms with Gasteiger partial charge in [0.15, 0.2) is 0 Å². The number of anilines is 1. The average Bonchev–Trinajstić information content (AvgIpc) is 3.23. The first-order valence-electron chi connectivity index (χ1n) is 10.1. The number of fused-ring (bicyclic) bond motifs is 1. The van der Waals surface area contributed by atoms with E-state index in [4.69, 9.17) is 4.74 Å². The monoisotopic (exact) mass is 451 g/mol. The maximum Gasteiger partial charge on any atom is 0.416 e. The van der Waals surface area contributed by atoms with E-state index in [1.807, 2.05) is 11.4 Å². The summed E-state index contributed by atoms with van der Waals surface area (Å²) >= 11 is 1.53. The molecule has 0 amide bonds. The van der Waals surface area contributed by atoms with Crippen molar-refractivity contribution in [3.05, 3.63) is 52.5 Å². The Labute approximate surface area is 182 Å². The van der Waals surface area contributed by atoms with E-state index < -0.39 is 11.7 Å². The SMILES string of the molecule is FC(F)(F)c1ccccc1CNCc1nc(NCCN2CCOCC2)nc2ccsc12. The molecule has 0 aliphatic carbocycles. The fourth-order valence-corrected chi connectivity index (χ4v) is 4.36. The van der Waals surface area contributed by atoms with Crippen LogP contribution in [0.1, 0.15) is 16.8 Å². The molecule has 6 nitrogen and oxygen atoms in total. The highest BCUT2D eigenvalue weighted by Gasteiger charge is 2.32. The second-order valence-electron chi connectivity index (χ2n) is 7.27. The van der Waals surface area contributed by atoms with Gasteiger partial charge < -0.3 is 15.4 Å². The highest BCUT2D eigenvalue weighted by atomic mass is 32.1. The number of thiophene rings is 1. The molecule has 1 aliphatic rings. The summed E-state index contributed by atoms with van der Waals surface area (Å²) in [5.41, 5.74) is 1.21. The van der Waals surface area contributed by atoms with Crippen molar-refractivity contribution in [1.29, 1.82) is 0 Å². The van der Waals surface area contributed by atoms with Crippen molar-refractivity contribution in [3.63, 3.8) is 0 Å². The molecular weight excluding hydrogens is 427 g/mol. The van der Waals surface area contributed by atoms with Gasteiger partial charge in [0.05, 0.1) is 34.7 Å². The standard InChI is InChI=1S/C21H24F3N5OS/c22-21(23,24)16-4-2-1-3-15(16)13-25-14-18-19-17(5-12-31-19)27-20(28-18)26-6-7-29-8-10-30-11-9-29/h1-5,12,25H,6-11,13-14H2,(H,26,27,28). The molecule has 1 aliphatic heterocycles. The summed E-state index contributed by atoms with van der Waals surface area (Å²) in [5.74, 6) is 0.534. The molecule has 1 aromatic carbocycles. The van der Waals surface area contributed by atoms with Gasteiger partial charge in [-0.15, -0.1) is 11.3 Å². The molecule has 0 radical (unpaired) electrons. The van der Waals surface area contributed by atoms with Gasteiger partial charge in [-0.2, -0.15) is 13.2 Å². The molecule has 1 saturated heterocycles. The van der Waals surface area contributed by atoms with E-state index in [1.165, 1.54) is 23.5 Å². The van der Waals surface area contributed by atoms with E-state index in [0.29, 0.717) is 19.0 Å². The zero-order chi connectivity index (χ0) is 21.7. The lowest BCUT2D eigenvalue weighted by atomic mass is 10.1. The molecule has 0 unspecified atom stereocenters. The molecule has 166 valence electrons. The first-order chi connectivity index (χ1) is 15.0. The van der Waals surface area contributed by atoms with Crippen molar-refractivity contribution in [2.75, 3.05) is 44.7 Å². The highest BCUT2D eigenvalue weighted by molar-refractivity contribution is 7.17. The van der Waals surface area contributed by atoms with E-state index >= 15 is 0 Å². The molecule has 1 fully saturated rings. The van der Waals surface area contributed by atoms with Gasteiger partial charge in [-0.25, -0.2) is 9.97 Å². The van der Waals surface area contributed by atoms with Crippen LogP contribution in [-0.2, 0) is 24.0 Å². The fraction of sp³-hybridized carbons (Fsp3) is 0.429. The molecule has 0 bridgehead atoms. The molecule has 4 rings (SSSR count). The first kappa shape index (κ1) is 21.9. The molecule has 3 aromatic rings. The van der Waals surface area contributed by atoms with E-state index in [1.54, 1.807) is 6.07 Å². The van der Waals surface area contributed by atoms with Gasteiger partial charge in [0.25, 0.3) is 0 Å². The van der Waals surface area contributed by atoms with Gasteiger partial charge in [0, 0.05) is 39.3 Å². The van der Waals surface area contributed by atoms with E-state index in [9.17, 15) is 13.2 Å². The number of nitrogens with one attached hydrogen (secondary N) is 2. The third-order valence-corrected chi connectivity index (χ3v) is 6.07. The van der Waals surface area contributed by atoms with Gasteiger partial charge in [-0.05, 0) is 23.1 Å². The Kier molecular flexibility index (Phi) is 7.01. The summed E-state index contributed by atoms with van der Waals surface area (Å²) in [6, 6.07) is 7.55. The van der Waals surface area contributed by atoms with Crippen molar-refractivity contribution >= 4 is 27.5 Å². The minimum absolute atomic E-state index is 0.104. The van der Waals surface area contributed by atoms with Crippen LogP contribution in [0.4, 0.5) is 19.1 Å². The summed E-state index contributed by atoms with van der Waals surface area (Å²) in [7, 11) is 0. The molecule has 0 saturated carbocycles. The first-order valence-corrected chi connectivity index (χ1v) is 11.0. The summed E-state index contributed by atoms with van der Waals surface area (Å²) in [6.45, 7) is 5.38. The Bertz CT molecular complexity index is 1000. The van der Waals surface area contributed by atoms with E-state index in [2.05, 4.69) is 25.5 Å². The molecule has 0 atom stereocenters. The minimum Gasteiger partial charge on any atom is -0.379 e. The van der Waals surface area contributed by atoms with Crippen LogP contribution >= 0.6 is 11.3 Å². The van der Waals surface area contributed by atoms with Crippen LogP contribution in [0.2, 0.25) is 0 Å². The molecule has 2 aromatic heterocycles. The van der Waals surface area contributed by atoms with Crippen molar-refractivity contribution in [2.24, 2.45) is 0 Å². The third-order valence-electron chi connectivity index (χ3n) is 5.12. The van der Waals surface area contributed by atoms with Crippen LogP contribution in [0.15, 0.2) is 35.7 Å². The summed E-state index contributed by atoms with van der Waals surface area (Å²) < 4.78 is 45.9. The molecule has 31 heavy (non-hydrogen) atoms. The smallest absolute Gasteiger partial charge is 0.379 e. The van der Waals surface area contributed by atoms with Crippen molar-refractivity contribution in [2.45, 2.75) is 19.3 Å². The Morgan fingerprint density at radius 3 is 2.68 bits per heavy atom. The van der Waals surface area contributed by atoms with Crippen molar-refractivity contribution < 1.29 is 17.9 Å². The second-order valence-corrected chi connectivity index (χ2v) is 8.18. The van der Waals surface area contributed by atoms with E-state index in [0.717, 1.165) is 54.8 Å². The largest absolute Gasteiger partial charge is 0.416 e. The Hall–Kier alpha value is -2.27. The number of hydrogen-bond donors (Lipinski definition) is 2. The number of aromatic nitrogens is 2. The number of morpholine rings is 1. The Balaban J connectivity index is 1.40. The number of rotatable bonds is 8. The van der Waals surface area contributed by atoms with Crippen LogP contribution < -0.4 is 10.6 Å². The molecule has 3 heterocycles. The third kappa shape index (κ3) is 5.70. The number of nitrogens with zero attached hydrogens (tertiary/aromatic N) is 3. The van der Waals surface area contributed by atoms with Crippen molar-refractivity contribution in [1.82, 2.24) is 20.2 Å². The predicted octanol–water partition coefficient (Wildman–Crippen LogP) is 3.74. The number of hydrogen-bond acceptors (Lipinski definition) is 7. The number of alkyl halides is 3. The molecule has 0 spiro atoms. The Morgan fingerprint density at radius 2 is 1.87 bits per heavy atom. The maximum atomic E-state index is 13.2. The Morgan fingerprint density at radius 1 is 1.06 bits per heavy atom. The molecule has 2 N–H and O–H groups in total. The zero-order valence-electron chi connectivity index (χ0n) is 16.9. The number of benzene rings is 1. The van der Waals surface area contributed by atoms with Gasteiger partial charge in [0.2, 0.25) is 5.95 Å². The quantitative estimate of drug-likeness (QED) is 0.544. The summed E-state index contributed by atoms with van der Waals surface area (Å²) in [5, 5.41) is 8.33. The lowest BCUT2D eigenvalue weighted by Crippen LogP contribution is -2.39. The minimum atomic E-state index is -4.37. The van der Waals surface area contributed by atoms with Crippen LogP contribution in [0.25, 0.3) is 10.2 Å². The van der Waals surface area contributed by atoms with Gasteiger partial charge in [0.1, 0.15) is 0 Å². The lowest BCUT2D eigenvalue weighted by molar-refractivity contribution is -0.138. The van der Waals surface area contributed by atoms with Gasteiger partial charge in [-0.1, -0.05) is 18.2 Å². The number of halogens is 3. The van der Waals surface area contributed by atoms with Gasteiger partial charge in [-0.3, -0.25) is 4.90 Å². The normalized spacial score (nSPS) is 15.5. The summed E-state index contributed by atoms with van der Waals surface area (Å²) in [6.07, 6.45) is -4.37. The van der Waals surface area contributed by atoms with Crippen LogP contribution in [-0.4, -0.2) is 54.3 Å². The zero-order valence-corrected chi connectivity index (χ0v) is 17.7. The maximum absolute atomic E-state index is 13.2. The average molecular weight is 452 g/mol. The number of ether oxygens (including phenoxy) is 1. The topological polar surface area (TPSA) is 62.3 Å². The van der Waals surface area contributed by atoms with Gasteiger partial charge >= 0.3 is 6.18 Å². The molecular formula is C21H24F3N5OS. The van der Waals surface area contributed by atoms with Crippen LogP contribution in [0.3, 0.4) is 0 Å². The second kappa shape index (κ2) is 9.90. The van der Waals surface area contributed by atoms with Crippen molar-refractivity contribution in [3.8, 4) is 0 Å². The lowest BCUT2D eigenvalue weighted by Gasteiger charge is -2.26. The van der Waals surface area contributed by atoms with E-state index in [-0.39, 0.29) is 12.1 Å².